The predicted molar refractivity (Wildman–Crippen MR) is 188 cm³/mol. The standard InChI is InChI=1S/C42H58O10/c1-36-12-9-24(45)15-22(36)6-8-29-28-11-14-41(52,34(50)21-44)38(28,3)19-32(48)42(29,36)31-17-25(46)16-23-5-7-26-27-10-13-40(51,33(49)20-43)37(27,2)18-30(47)35(26)39(23,31)4/h15-16,26-32,35,43-44,47-48,51-52H,5-14,17-21H2,1-4H3/t26-,27-,28-,29-,30-,31?,32-,35+,36-,37-,38-,39+,40-,41-,42-/m0/s1. The maximum absolute atomic E-state index is 14.1. The van der Waals surface area contributed by atoms with E-state index in [0.717, 1.165) is 11.1 Å². The van der Waals surface area contributed by atoms with Gasteiger partial charge in [0.05, 0.1) is 12.2 Å². The Morgan fingerprint density at radius 1 is 0.712 bits per heavy atom. The summed E-state index contributed by atoms with van der Waals surface area (Å²) in [4.78, 5) is 53.6. The number of carbonyl (C=O) groups is 4. The van der Waals surface area contributed by atoms with Crippen LogP contribution in [0, 0.1) is 62.6 Å². The molecule has 15 atom stereocenters. The molecule has 1 unspecified atom stereocenters. The predicted octanol–water partition coefficient (Wildman–Crippen LogP) is 3.17. The molecule has 8 rings (SSSR count). The van der Waals surface area contributed by atoms with Crippen molar-refractivity contribution in [2.24, 2.45) is 62.6 Å². The first-order chi connectivity index (χ1) is 24.3. The number of hydrogen-bond acceptors (Lipinski definition) is 10. The zero-order valence-corrected chi connectivity index (χ0v) is 31.2. The number of fused-ring (bicyclic) bond motifs is 10. The number of aliphatic hydroxyl groups excluding tert-OH is 4. The number of rotatable bonds is 5. The Morgan fingerprint density at radius 3 is 1.92 bits per heavy atom. The third-order valence-electron chi connectivity index (χ3n) is 18.4. The minimum absolute atomic E-state index is 0.0199. The summed E-state index contributed by atoms with van der Waals surface area (Å²) in [6.07, 6.45) is 6.78. The highest BCUT2D eigenvalue weighted by atomic mass is 16.3. The van der Waals surface area contributed by atoms with Crippen LogP contribution in [0.1, 0.15) is 111 Å². The van der Waals surface area contributed by atoms with E-state index in [4.69, 9.17) is 0 Å². The highest BCUT2D eigenvalue weighted by molar-refractivity contribution is 5.93. The highest BCUT2D eigenvalue weighted by Crippen LogP contribution is 2.79. The average Bonchev–Trinajstić information content (AvgIpc) is 3.52. The smallest absolute Gasteiger partial charge is 0.190 e. The zero-order chi connectivity index (χ0) is 37.6. The summed E-state index contributed by atoms with van der Waals surface area (Å²) in [6, 6.07) is 0. The van der Waals surface area contributed by atoms with Crippen molar-refractivity contribution in [2.75, 3.05) is 13.2 Å². The summed E-state index contributed by atoms with van der Waals surface area (Å²) < 4.78 is 0. The minimum Gasteiger partial charge on any atom is -0.393 e. The van der Waals surface area contributed by atoms with Gasteiger partial charge in [-0.1, -0.05) is 38.8 Å². The molecule has 0 aromatic carbocycles. The van der Waals surface area contributed by atoms with Crippen molar-refractivity contribution >= 4 is 23.1 Å². The van der Waals surface area contributed by atoms with E-state index in [1.807, 2.05) is 13.8 Å². The fraction of sp³-hybridized carbons (Fsp3) is 0.810. The van der Waals surface area contributed by atoms with E-state index in [1.165, 1.54) is 0 Å². The molecule has 0 radical (unpaired) electrons. The third kappa shape index (κ3) is 4.07. The van der Waals surface area contributed by atoms with Gasteiger partial charge < -0.3 is 30.6 Å². The van der Waals surface area contributed by atoms with Crippen LogP contribution in [0.3, 0.4) is 0 Å². The maximum atomic E-state index is 14.1. The van der Waals surface area contributed by atoms with Crippen LogP contribution < -0.4 is 0 Å². The molecule has 0 aliphatic heterocycles. The number of Topliss-reactive ketones (excluding diaryl/α,β-unsaturated/α-hetero) is 2. The van der Waals surface area contributed by atoms with Crippen LogP contribution in [0.15, 0.2) is 23.3 Å². The van der Waals surface area contributed by atoms with Crippen LogP contribution in [0.2, 0.25) is 0 Å². The first-order valence-electron chi connectivity index (χ1n) is 19.9. The molecule has 6 fully saturated rings. The first kappa shape index (κ1) is 36.9. The van der Waals surface area contributed by atoms with Gasteiger partial charge in [-0.25, -0.2) is 0 Å². The molecule has 0 aromatic heterocycles. The SMILES string of the molecule is C[C@]12CCC(=O)C=C1CC[C@H]1[C@@H]3CC[C@](O)(C(=O)CO)[C@@]3(C)C[C@H](O)[C@@]12C1CC(=O)C=C2CC[C@@H]3[C@H]([C@@H](O)C[C@@]4(C)[C@H]3CC[C@]4(O)C(=O)CO)[C@]21C. The Bertz CT molecular complexity index is 1680. The van der Waals surface area contributed by atoms with Crippen molar-refractivity contribution < 1.29 is 49.8 Å². The Labute approximate surface area is 306 Å². The summed E-state index contributed by atoms with van der Waals surface area (Å²) in [5.41, 5.74) is -5.97. The van der Waals surface area contributed by atoms with Crippen LogP contribution in [-0.4, -0.2) is 90.4 Å². The Hall–Kier alpha value is -2.08. The van der Waals surface area contributed by atoms with Crippen molar-refractivity contribution in [1.82, 2.24) is 0 Å². The number of allylic oxidation sites excluding steroid dienone is 2. The van der Waals surface area contributed by atoms with Gasteiger partial charge in [-0.15, -0.1) is 0 Å². The summed E-state index contributed by atoms with van der Waals surface area (Å²) in [6.45, 7) is 6.57. The van der Waals surface area contributed by atoms with Crippen LogP contribution in [0.25, 0.3) is 0 Å². The molecular weight excluding hydrogens is 664 g/mol. The molecule has 0 saturated heterocycles. The van der Waals surface area contributed by atoms with Crippen LogP contribution in [-0.2, 0) is 19.2 Å². The van der Waals surface area contributed by atoms with Gasteiger partial charge in [0.1, 0.15) is 24.4 Å². The van der Waals surface area contributed by atoms with Gasteiger partial charge >= 0.3 is 0 Å². The maximum Gasteiger partial charge on any atom is 0.190 e. The van der Waals surface area contributed by atoms with Crippen LogP contribution >= 0.6 is 0 Å². The van der Waals surface area contributed by atoms with Crippen molar-refractivity contribution in [3.8, 4) is 0 Å². The molecule has 52 heavy (non-hydrogen) atoms. The Morgan fingerprint density at radius 2 is 1.29 bits per heavy atom. The largest absolute Gasteiger partial charge is 0.393 e. The molecule has 6 N–H and O–H groups in total. The van der Waals surface area contributed by atoms with E-state index >= 15 is 0 Å². The fourth-order valence-corrected chi connectivity index (χ4v) is 16.2. The number of ketones is 4. The number of carbonyl (C=O) groups excluding carboxylic acids is 4. The van der Waals surface area contributed by atoms with Crippen molar-refractivity contribution in [2.45, 2.75) is 135 Å². The lowest BCUT2D eigenvalue weighted by atomic mass is 9.30. The molecule has 0 heterocycles. The molecular formula is C42H58O10. The van der Waals surface area contributed by atoms with Gasteiger partial charge in [-0.3, -0.25) is 19.2 Å². The molecule has 10 heteroatoms. The molecule has 10 nitrogen and oxygen atoms in total. The van der Waals surface area contributed by atoms with Gasteiger partial charge in [0.15, 0.2) is 23.1 Å². The summed E-state index contributed by atoms with van der Waals surface area (Å²) in [7, 11) is 0. The van der Waals surface area contributed by atoms with Gasteiger partial charge in [0.2, 0.25) is 0 Å². The Balaban J connectivity index is 1.32. The fourth-order valence-electron chi connectivity index (χ4n) is 16.2. The van der Waals surface area contributed by atoms with Crippen molar-refractivity contribution in [3.63, 3.8) is 0 Å². The molecule has 0 bridgehead atoms. The van der Waals surface area contributed by atoms with Gasteiger partial charge in [-0.05, 0) is 129 Å². The molecule has 6 saturated carbocycles. The molecule has 286 valence electrons. The van der Waals surface area contributed by atoms with E-state index in [0.29, 0.717) is 51.4 Å². The lowest BCUT2D eigenvalue weighted by Crippen LogP contribution is -2.73. The zero-order valence-electron chi connectivity index (χ0n) is 31.2. The second-order valence-electron chi connectivity index (χ2n) is 19.4. The van der Waals surface area contributed by atoms with E-state index in [1.54, 1.807) is 12.2 Å². The average molecular weight is 723 g/mol. The topological polar surface area (TPSA) is 190 Å². The van der Waals surface area contributed by atoms with Crippen LogP contribution in [0.5, 0.6) is 0 Å². The van der Waals surface area contributed by atoms with Gasteiger partial charge in [0.25, 0.3) is 0 Å². The normalized spacial score (nSPS) is 53.7. The summed E-state index contributed by atoms with van der Waals surface area (Å²) >= 11 is 0. The molecule has 0 aromatic rings. The van der Waals surface area contributed by atoms with E-state index < -0.39 is 81.2 Å². The van der Waals surface area contributed by atoms with Gasteiger partial charge in [0, 0.05) is 29.1 Å². The first-order valence-corrected chi connectivity index (χ1v) is 19.9. The lowest BCUT2D eigenvalue weighted by Gasteiger charge is -2.74. The molecule has 0 spiro atoms. The summed E-state index contributed by atoms with van der Waals surface area (Å²) in [5, 5.41) is 69.6. The molecule has 0 amide bonds. The third-order valence-corrected chi connectivity index (χ3v) is 18.4. The van der Waals surface area contributed by atoms with Crippen LogP contribution in [0.4, 0.5) is 0 Å². The quantitative estimate of drug-likeness (QED) is 0.246. The van der Waals surface area contributed by atoms with E-state index in [2.05, 4.69) is 13.8 Å². The van der Waals surface area contributed by atoms with E-state index in [9.17, 15) is 49.8 Å². The second-order valence-corrected chi connectivity index (χ2v) is 19.4. The van der Waals surface area contributed by atoms with Crippen molar-refractivity contribution in [3.05, 3.63) is 23.3 Å². The molecule has 8 aliphatic carbocycles. The number of aliphatic hydroxyl groups is 6. The summed E-state index contributed by atoms with van der Waals surface area (Å²) in [5.74, 6) is -2.63. The monoisotopic (exact) mass is 722 g/mol. The molecule has 8 aliphatic rings. The second kappa shape index (κ2) is 11.5. The highest BCUT2D eigenvalue weighted by Gasteiger charge is 2.78. The van der Waals surface area contributed by atoms with Crippen molar-refractivity contribution in [1.29, 1.82) is 0 Å². The Kier molecular flexibility index (Phi) is 8.14. The van der Waals surface area contributed by atoms with Gasteiger partial charge in [-0.2, -0.15) is 0 Å². The van der Waals surface area contributed by atoms with E-state index in [-0.39, 0.29) is 73.3 Å². The minimum atomic E-state index is -1.80. The number of hydrogen-bond donors (Lipinski definition) is 6. The lowest BCUT2D eigenvalue weighted by molar-refractivity contribution is -0.269.